The van der Waals surface area contributed by atoms with E-state index >= 15 is 0 Å². The second kappa shape index (κ2) is 5.06. The molecule has 1 aromatic rings. The first-order chi connectivity index (χ1) is 6.24. The highest BCUT2D eigenvalue weighted by atomic mass is 35.5. The predicted molar refractivity (Wildman–Crippen MR) is 56.3 cm³/mol. The van der Waals surface area contributed by atoms with Crippen LogP contribution in [-0.2, 0) is 0 Å². The lowest BCUT2D eigenvalue weighted by Gasteiger charge is -1.93. The van der Waals surface area contributed by atoms with Gasteiger partial charge in [-0.25, -0.2) is 0 Å². The van der Waals surface area contributed by atoms with E-state index in [0.29, 0.717) is 17.2 Å². The van der Waals surface area contributed by atoms with Crippen molar-refractivity contribution >= 4 is 28.7 Å². The molecule has 0 bridgehead atoms. The van der Waals surface area contributed by atoms with Crippen LogP contribution in [0.4, 0.5) is 0 Å². The number of rotatable bonds is 4. The van der Waals surface area contributed by atoms with Gasteiger partial charge in [-0.2, -0.15) is 0 Å². The van der Waals surface area contributed by atoms with Gasteiger partial charge in [0.05, 0.1) is 9.21 Å². The van der Waals surface area contributed by atoms with E-state index in [9.17, 15) is 4.79 Å². The number of hydrogen-bond acceptors (Lipinski definition) is 2. The maximum atomic E-state index is 11.4. The third-order valence-electron chi connectivity index (χ3n) is 1.57. The van der Waals surface area contributed by atoms with Crippen molar-refractivity contribution in [2.75, 3.05) is 0 Å². The highest BCUT2D eigenvalue weighted by Crippen LogP contribution is 2.22. The van der Waals surface area contributed by atoms with Crippen LogP contribution in [0.5, 0.6) is 0 Å². The van der Waals surface area contributed by atoms with Crippen molar-refractivity contribution in [2.45, 2.75) is 19.3 Å². The van der Waals surface area contributed by atoms with Crippen LogP contribution in [0.1, 0.15) is 28.9 Å². The molecule has 1 rings (SSSR count). The van der Waals surface area contributed by atoms with Gasteiger partial charge in [-0.05, 0) is 18.6 Å². The molecular weight excluding hydrogens is 204 g/mol. The van der Waals surface area contributed by atoms with Crippen LogP contribution < -0.4 is 0 Å². The van der Waals surface area contributed by atoms with E-state index < -0.39 is 0 Å². The zero-order valence-electron chi connectivity index (χ0n) is 7.05. The first-order valence-corrected chi connectivity index (χ1v) is 5.15. The summed E-state index contributed by atoms with van der Waals surface area (Å²) in [5.74, 6) is 2.64. The van der Waals surface area contributed by atoms with E-state index in [1.54, 1.807) is 12.1 Å². The molecule has 0 aliphatic rings. The summed E-state index contributed by atoms with van der Waals surface area (Å²) in [7, 11) is 0. The second-order valence-electron chi connectivity index (χ2n) is 2.58. The maximum absolute atomic E-state index is 11.4. The summed E-state index contributed by atoms with van der Waals surface area (Å²) in [5, 5.41) is 0. The van der Waals surface area contributed by atoms with Gasteiger partial charge in [0.1, 0.15) is 0 Å². The molecule has 0 saturated heterocycles. The first-order valence-electron chi connectivity index (χ1n) is 3.96. The molecule has 0 fully saturated rings. The minimum absolute atomic E-state index is 0.132. The standard InChI is InChI=1S/C10H9ClOS/c1-2-3-4-5-8(12)9-6-7-10(11)13-9/h1,6-7H,3-5H2. The average Bonchev–Trinajstić information content (AvgIpc) is 2.52. The van der Waals surface area contributed by atoms with Crippen LogP contribution in [-0.4, -0.2) is 5.78 Å². The van der Waals surface area contributed by atoms with Crippen molar-refractivity contribution in [2.24, 2.45) is 0 Å². The number of terminal acetylenes is 1. The number of thiophene rings is 1. The normalized spacial score (nSPS) is 9.54. The summed E-state index contributed by atoms with van der Waals surface area (Å²) >= 11 is 7.02. The number of unbranched alkanes of at least 4 members (excludes halogenated alkanes) is 1. The number of halogens is 1. The number of Topliss-reactive ketones (excluding diaryl/α,β-unsaturated/α-hetero) is 1. The van der Waals surface area contributed by atoms with Crippen molar-refractivity contribution in [1.29, 1.82) is 0 Å². The minimum atomic E-state index is 0.132. The molecule has 0 spiro atoms. The summed E-state index contributed by atoms with van der Waals surface area (Å²) in [6.45, 7) is 0. The third kappa shape index (κ3) is 3.22. The molecule has 0 N–H and O–H groups in total. The monoisotopic (exact) mass is 212 g/mol. The molecule has 3 heteroatoms. The molecule has 1 aromatic heterocycles. The largest absolute Gasteiger partial charge is 0.293 e. The quantitative estimate of drug-likeness (QED) is 0.425. The average molecular weight is 213 g/mol. The van der Waals surface area contributed by atoms with Gasteiger partial charge in [0.2, 0.25) is 0 Å². The molecular formula is C10H9ClOS. The zero-order chi connectivity index (χ0) is 9.68. The molecule has 0 aliphatic heterocycles. The van der Waals surface area contributed by atoms with Crippen LogP contribution in [0.25, 0.3) is 0 Å². The lowest BCUT2D eigenvalue weighted by atomic mass is 10.1. The summed E-state index contributed by atoms with van der Waals surface area (Å²) < 4.78 is 0.653. The molecule has 0 unspecified atom stereocenters. The topological polar surface area (TPSA) is 17.1 Å². The van der Waals surface area contributed by atoms with E-state index in [1.165, 1.54) is 11.3 Å². The molecule has 0 radical (unpaired) electrons. The highest BCUT2D eigenvalue weighted by molar-refractivity contribution is 7.18. The van der Waals surface area contributed by atoms with Gasteiger partial charge in [0, 0.05) is 12.8 Å². The van der Waals surface area contributed by atoms with Crippen LogP contribution in [0.3, 0.4) is 0 Å². The number of carbonyl (C=O) groups is 1. The van der Waals surface area contributed by atoms with Crippen LogP contribution >= 0.6 is 22.9 Å². The summed E-state index contributed by atoms with van der Waals surface area (Å²) in [6, 6.07) is 3.49. The Kier molecular flexibility index (Phi) is 4.01. The van der Waals surface area contributed by atoms with E-state index in [-0.39, 0.29) is 5.78 Å². The molecule has 0 atom stereocenters. The lowest BCUT2D eigenvalue weighted by molar-refractivity contribution is 0.0984. The highest BCUT2D eigenvalue weighted by Gasteiger charge is 2.07. The lowest BCUT2D eigenvalue weighted by Crippen LogP contribution is -1.94. The van der Waals surface area contributed by atoms with Crippen LogP contribution in [0.15, 0.2) is 12.1 Å². The van der Waals surface area contributed by atoms with E-state index in [2.05, 4.69) is 5.92 Å². The van der Waals surface area contributed by atoms with Crippen molar-refractivity contribution < 1.29 is 4.79 Å². The Labute approximate surface area is 86.7 Å². The molecule has 0 aliphatic carbocycles. The smallest absolute Gasteiger partial charge is 0.172 e. The fourth-order valence-electron chi connectivity index (χ4n) is 0.938. The van der Waals surface area contributed by atoms with Gasteiger partial charge in [-0.15, -0.1) is 23.7 Å². The first kappa shape index (κ1) is 10.3. The van der Waals surface area contributed by atoms with Gasteiger partial charge >= 0.3 is 0 Å². The van der Waals surface area contributed by atoms with Crippen molar-refractivity contribution in [1.82, 2.24) is 0 Å². The zero-order valence-corrected chi connectivity index (χ0v) is 8.62. The Morgan fingerprint density at radius 1 is 1.62 bits per heavy atom. The second-order valence-corrected chi connectivity index (χ2v) is 4.30. The Morgan fingerprint density at radius 2 is 2.38 bits per heavy atom. The van der Waals surface area contributed by atoms with Gasteiger partial charge in [0.25, 0.3) is 0 Å². The Balaban J connectivity index is 2.45. The van der Waals surface area contributed by atoms with Gasteiger partial charge < -0.3 is 0 Å². The van der Waals surface area contributed by atoms with Gasteiger partial charge in [0.15, 0.2) is 5.78 Å². The van der Waals surface area contributed by atoms with Crippen LogP contribution in [0.2, 0.25) is 4.34 Å². The fraction of sp³-hybridized carbons (Fsp3) is 0.300. The van der Waals surface area contributed by atoms with Gasteiger partial charge in [-0.1, -0.05) is 11.6 Å². The Bertz CT molecular complexity index is 335. The summed E-state index contributed by atoms with van der Waals surface area (Å²) in [5.41, 5.74) is 0. The molecule has 0 aromatic carbocycles. The fourth-order valence-corrected chi connectivity index (χ4v) is 1.95. The summed E-state index contributed by atoms with van der Waals surface area (Å²) in [4.78, 5) is 12.1. The van der Waals surface area contributed by atoms with Crippen molar-refractivity contribution in [3.8, 4) is 12.3 Å². The van der Waals surface area contributed by atoms with E-state index in [4.69, 9.17) is 18.0 Å². The van der Waals surface area contributed by atoms with Gasteiger partial charge in [-0.3, -0.25) is 4.79 Å². The molecule has 0 amide bonds. The Hall–Kier alpha value is -0.780. The van der Waals surface area contributed by atoms with Crippen molar-refractivity contribution in [3.63, 3.8) is 0 Å². The number of carbonyl (C=O) groups excluding carboxylic acids is 1. The number of hydrogen-bond donors (Lipinski definition) is 0. The molecule has 1 nitrogen and oxygen atoms in total. The molecule has 68 valence electrons. The summed E-state index contributed by atoms with van der Waals surface area (Å²) in [6.07, 6.45) is 7.01. The van der Waals surface area contributed by atoms with Crippen molar-refractivity contribution in [3.05, 3.63) is 21.3 Å². The third-order valence-corrected chi connectivity index (χ3v) is 2.85. The molecule has 13 heavy (non-hydrogen) atoms. The maximum Gasteiger partial charge on any atom is 0.172 e. The van der Waals surface area contributed by atoms with E-state index in [0.717, 1.165) is 11.3 Å². The Morgan fingerprint density at radius 3 is 2.92 bits per heavy atom. The minimum Gasteiger partial charge on any atom is -0.293 e. The predicted octanol–water partition coefficient (Wildman–Crippen LogP) is 3.39. The molecule has 1 heterocycles. The van der Waals surface area contributed by atoms with Crippen LogP contribution in [0, 0.1) is 12.3 Å². The van der Waals surface area contributed by atoms with E-state index in [1.807, 2.05) is 0 Å². The number of ketones is 1. The SMILES string of the molecule is C#CCCCC(=O)c1ccc(Cl)s1. The molecule has 0 saturated carbocycles.